The van der Waals surface area contributed by atoms with Gasteiger partial charge in [-0.25, -0.2) is 9.59 Å². The van der Waals surface area contributed by atoms with Crippen molar-refractivity contribution in [3.8, 4) is 23.0 Å². The third kappa shape index (κ3) is 4.76. The van der Waals surface area contributed by atoms with Crippen molar-refractivity contribution >= 4 is 17.7 Å². The lowest BCUT2D eigenvalue weighted by atomic mass is 10.2. The van der Waals surface area contributed by atoms with Crippen LogP contribution in [-0.2, 0) is 0 Å². The van der Waals surface area contributed by atoms with Crippen LogP contribution in [0.1, 0.15) is 10.4 Å². The zero-order valence-electron chi connectivity index (χ0n) is 14.0. The van der Waals surface area contributed by atoms with E-state index in [9.17, 15) is 14.7 Å². The summed E-state index contributed by atoms with van der Waals surface area (Å²) >= 11 is 0. The number of rotatable bonds is 5. The molecule has 0 aromatic heterocycles. The summed E-state index contributed by atoms with van der Waals surface area (Å²) in [6.45, 7) is 0. The van der Waals surface area contributed by atoms with E-state index in [2.05, 4.69) is 5.32 Å². The minimum Gasteiger partial charge on any atom is -0.507 e. The molecular weight excluding hydrogens is 350 g/mol. The van der Waals surface area contributed by atoms with Crippen molar-refractivity contribution in [2.45, 2.75) is 0 Å². The van der Waals surface area contributed by atoms with Crippen molar-refractivity contribution in [3.63, 3.8) is 0 Å². The smallest absolute Gasteiger partial charge is 0.417 e. The number of nitrogens with one attached hydrogen (secondary N) is 1. The van der Waals surface area contributed by atoms with Gasteiger partial charge < -0.3 is 19.7 Å². The van der Waals surface area contributed by atoms with Crippen molar-refractivity contribution in [2.24, 2.45) is 0 Å². The van der Waals surface area contributed by atoms with Gasteiger partial charge in [-0.05, 0) is 54.6 Å². The van der Waals surface area contributed by atoms with Gasteiger partial charge in [-0.1, -0.05) is 18.2 Å². The second-order valence-electron chi connectivity index (χ2n) is 5.44. The molecule has 0 spiro atoms. The van der Waals surface area contributed by atoms with Crippen molar-refractivity contribution in [2.75, 3.05) is 5.32 Å². The number of carboxylic acid groups (broad SMARTS) is 1. The molecule has 0 atom stereocenters. The summed E-state index contributed by atoms with van der Waals surface area (Å²) in [5.41, 5.74) is -0.144. The second-order valence-corrected chi connectivity index (χ2v) is 5.44. The number of ether oxygens (including phenoxy) is 2. The summed E-state index contributed by atoms with van der Waals surface area (Å²) in [5.74, 6) is -0.150. The van der Waals surface area contributed by atoms with Crippen LogP contribution in [0.3, 0.4) is 0 Å². The molecule has 0 aliphatic carbocycles. The molecule has 3 aromatic carbocycles. The number of amides is 1. The van der Waals surface area contributed by atoms with E-state index >= 15 is 0 Å². The van der Waals surface area contributed by atoms with Gasteiger partial charge in [0.25, 0.3) is 0 Å². The number of carboxylic acids is 1. The van der Waals surface area contributed by atoms with E-state index in [1.165, 1.54) is 12.1 Å². The van der Waals surface area contributed by atoms with Crippen molar-refractivity contribution < 1.29 is 29.3 Å². The summed E-state index contributed by atoms with van der Waals surface area (Å²) in [4.78, 5) is 22.9. The van der Waals surface area contributed by atoms with Crippen LogP contribution in [0.4, 0.5) is 10.5 Å². The molecule has 7 heteroatoms. The molecule has 0 heterocycles. The first-order chi connectivity index (χ1) is 13.0. The van der Waals surface area contributed by atoms with Gasteiger partial charge in [-0.15, -0.1) is 0 Å². The number of hydrogen-bond acceptors (Lipinski definition) is 5. The van der Waals surface area contributed by atoms with Crippen LogP contribution in [0, 0.1) is 0 Å². The molecule has 1 amide bonds. The number of carbonyl (C=O) groups is 2. The quantitative estimate of drug-likeness (QED) is 0.575. The Bertz CT molecular complexity index is 954. The van der Waals surface area contributed by atoms with Crippen LogP contribution in [0.2, 0.25) is 0 Å². The molecule has 136 valence electrons. The van der Waals surface area contributed by atoms with E-state index in [4.69, 9.17) is 14.6 Å². The molecule has 0 aliphatic rings. The van der Waals surface area contributed by atoms with E-state index in [1.54, 1.807) is 24.3 Å². The highest BCUT2D eigenvalue weighted by Crippen LogP contribution is 2.24. The van der Waals surface area contributed by atoms with Gasteiger partial charge in [0, 0.05) is 5.69 Å². The number of aromatic hydroxyl groups is 1. The molecule has 0 fully saturated rings. The topological polar surface area (TPSA) is 105 Å². The fourth-order valence-electron chi connectivity index (χ4n) is 2.24. The first-order valence-corrected chi connectivity index (χ1v) is 7.89. The third-order valence-electron chi connectivity index (χ3n) is 3.49. The first-order valence-electron chi connectivity index (χ1n) is 7.89. The number of benzene rings is 3. The highest BCUT2D eigenvalue weighted by Gasteiger charge is 2.12. The van der Waals surface area contributed by atoms with Gasteiger partial charge in [-0.2, -0.15) is 0 Å². The van der Waals surface area contributed by atoms with Gasteiger partial charge in [-0.3, -0.25) is 5.32 Å². The fourth-order valence-corrected chi connectivity index (χ4v) is 2.24. The Labute approximate surface area is 154 Å². The Morgan fingerprint density at radius 1 is 0.815 bits per heavy atom. The van der Waals surface area contributed by atoms with E-state index in [0.29, 0.717) is 11.5 Å². The van der Waals surface area contributed by atoms with Crippen LogP contribution in [-0.4, -0.2) is 22.3 Å². The SMILES string of the molecule is O=C(Nc1ccc(O)c(C(=O)O)c1)Oc1ccc(Oc2ccccc2)cc1. The number of carbonyl (C=O) groups excluding carboxylic acids is 1. The lowest BCUT2D eigenvalue weighted by molar-refractivity contribution is 0.0693. The minimum atomic E-state index is -1.31. The van der Waals surface area contributed by atoms with Crippen LogP contribution >= 0.6 is 0 Å². The standard InChI is InChI=1S/C20H15NO6/c22-18-11-6-13(12-17(18)19(23)24)21-20(25)27-16-9-7-15(8-10-16)26-14-4-2-1-3-5-14/h1-12,22H,(H,21,25)(H,23,24). The maximum absolute atomic E-state index is 11.9. The average Bonchev–Trinajstić information content (AvgIpc) is 2.65. The van der Waals surface area contributed by atoms with E-state index in [0.717, 1.165) is 6.07 Å². The molecule has 0 aliphatic heterocycles. The predicted molar refractivity (Wildman–Crippen MR) is 97.7 cm³/mol. The van der Waals surface area contributed by atoms with E-state index in [1.807, 2.05) is 30.3 Å². The highest BCUT2D eigenvalue weighted by atomic mass is 16.6. The number of hydrogen-bond donors (Lipinski definition) is 3. The predicted octanol–water partition coefficient (Wildman–Crippen LogP) is 4.49. The molecule has 3 aromatic rings. The Morgan fingerprint density at radius 3 is 2.11 bits per heavy atom. The lowest BCUT2D eigenvalue weighted by Crippen LogP contribution is -2.17. The summed E-state index contributed by atoms with van der Waals surface area (Å²) < 4.78 is 10.8. The molecule has 3 N–H and O–H groups in total. The lowest BCUT2D eigenvalue weighted by Gasteiger charge is -2.09. The van der Waals surface area contributed by atoms with Crippen LogP contribution in [0.15, 0.2) is 72.8 Å². The number of para-hydroxylation sites is 1. The van der Waals surface area contributed by atoms with E-state index in [-0.39, 0.29) is 17.0 Å². The Balaban J connectivity index is 1.61. The summed E-state index contributed by atoms with van der Waals surface area (Å²) in [6, 6.07) is 19.3. The number of phenols is 1. The zero-order chi connectivity index (χ0) is 19.2. The van der Waals surface area contributed by atoms with Gasteiger partial charge in [0.15, 0.2) is 0 Å². The third-order valence-corrected chi connectivity index (χ3v) is 3.49. The molecule has 3 rings (SSSR count). The number of anilines is 1. The maximum Gasteiger partial charge on any atom is 0.417 e. The van der Waals surface area contributed by atoms with Gasteiger partial charge in [0.2, 0.25) is 0 Å². The Morgan fingerprint density at radius 2 is 1.44 bits per heavy atom. The van der Waals surface area contributed by atoms with Gasteiger partial charge in [0.05, 0.1) is 0 Å². The molecule has 7 nitrogen and oxygen atoms in total. The van der Waals surface area contributed by atoms with Crippen molar-refractivity contribution in [1.82, 2.24) is 0 Å². The van der Waals surface area contributed by atoms with Crippen molar-refractivity contribution in [3.05, 3.63) is 78.4 Å². The van der Waals surface area contributed by atoms with Crippen LogP contribution in [0.5, 0.6) is 23.0 Å². The maximum atomic E-state index is 11.9. The number of aromatic carboxylic acids is 1. The first kappa shape index (κ1) is 17.8. The van der Waals surface area contributed by atoms with E-state index < -0.39 is 17.8 Å². The molecule has 0 saturated heterocycles. The summed E-state index contributed by atoms with van der Waals surface area (Å²) in [6.07, 6.45) is -0.797. The second kappa shape index (κ2) is 7.92. The molecule has 0 radical (unpaired) electrons. The van der Waals surface area contributed by atoms with Crippen molar-refractivity contribution in [1.29, 1.82) is 0 Å². The normalized spacial score (nSPS) is 10.1. The minimum absolute atomic E-state index is 0.180. The summed E-state index contributed by atoms with van der Waals surface area (Å²) in [7, 11) is 0. The Hall–Kier alpha value is -4.00. The average molecular weight is 365 g/mol. The Kier molecular flexibility index (Phi) is 5.22. The highest BCUT2D eigenvalue weighted by molar-refractivity contribution is 5.94. The molecule has 0 saturated carbocycles. The molecular formula is C20H15NO6. The molecule has 0 bridgehead atoms. The fraction of sp³-hybridized carbons (Fsp3) is 0. The van der Waals surface area contributed by atoms with Crippen LogP contribution in [0.25, 0.3) is 0 Å². The van der Waals surface area contributed by atoms with Gasteiger partial charge >= 0.3 is 12.1 Å². The van der Waals surface area contributed by atoms with Crippen LogP contribution < -0.4 is 14.8 Å². The van der Waals surface area contributed by atoms with Gasteiger partial charge in [0.1, 0.15) is 28.6 Å². The molecule has 0 unspecified atom stereocenters. The molecule has 27 heavy (non-hydrogen) atoms. The monoisotopic (exact) mass is 365 g/mol. The zero-order valence-corrected chi connectivity index (χ0v) is 14.0. The summed E-state index contributed by atoms with van der Waals surface area (Å²) in [5, 5.41) is 20.8. The largest absolute Gasteiger partial charge is 0.507 e.